The number of hydrogen-bond acceptors (Lipinski definition) is 5. The molecule has 2 aromatic carbocycles. The number of benzene rings is 2. The summed E-state index contributed by atoms with van der Waals surface area (Å²) in [5, 5.41) is 29.9. The SMILES string of the molecule is N#CC(C#N)=Cc1ccc2c(c1)CCCN2CCO.c1ccc2c(c1)CCCN2. The van der Waals surface area contributed by atoms with Crippen molar-refractivity contribution in [1.29, 1.82) is 10.5 Å². The number of β-amino-alcohol motifs (C(OH)–C–C–N with tert-alkyl or cyclic N) is 1. The molecule has 0 saturated carbocycles. The van der Waals surface area contributed by atoms with Crippen LogP contribution >= 0.6 is 0 Å². The van der Waals surface area contributed by atoms with Gasteiger partial charge in [-0.1, -0.05) is 24.3 Å². The van der Waals surface area contributed by atoms with Crippen molar-refractivity contribution in [2.75, 3.05) is 36.5 Å². The summed E-state index contributed by atoms with van der Waals surface area (Å²) in [5.74, 6) is 0. The zero-order valence-electron chi connectivity index (χ0n) is 16.6. The number of aliphatic hydroxyl groups is 1. The Labute approximate surface area is 172 Å². The Morgan fingerprint density at radius 3 is 2.62 bits per heavy atom. The third kappa shape index (κ3) is 5.38. The van der Waals surface area contributed by atoms with Gasteiger partial charge in [0.2, 0.25) is 0 Å². The molecule has 2 aliphatic heterocycles. The fourth-order valence-electron chi connectivity index (χ4n) is 3.81. The van der Waals surface area contributed by atoms with Gasteiger partial charge in [0.05, 0.1) is 6.61 Å². The van der Waals surface area contributed by atoms with Crippen molar-refractivity contribution >= 4 is 17.5 Å². The minimum Gasteiger partial charge on any atom is -0.395 e. The predicted octanol–water partition coefficient (Wildman–Crippen LogP) is 3.91. The topological polar surface area (TPSA) is 83.1 Å². The largest absolute Gasteiger partial charge is 0.395 e. The lowest BCUT2D eigenvalue weighted by Gasteiger charge is -2.31. The summed E-state index contributed by atoms with van der Waals surface area (Å²) in [4.78, 5) is 2.17. The molecule has 2 heterocycles. The summed E-state index contributed by atoms with van der Waals surface area (Å²) in [5.41, 5.74) is 6.14. The minimum absolute atomic E-state index is 0.114. The highest BCUT2D eigenvalue weighted by Gasteiger charge is 2.16. The van der Waals surface area contributed by atoms with Crippen LogP contribution in [0.3, 0.4) is 0 Å². The molecule has 0 amide bonds. The van der Waals surface area contributed by atoms with Crippen LogP contribution in [0.2, 0.25) is 0 Å². The predicted molar refractivity (Wildman–Crippen MR) is 117 cm³/mol. The fourth-order valence-corrected chi connectivity index (χ4v) is 3.81. The Hall–Kier alpha value is -3.28. The molecular formula is C24H26N4O. The standard InChI is InChI=1S/C15H15N3O.C9H11N/c16-10-13(11-17)8-12-3-4-15-14(9-12)2-1-5-18(15)6-7-19;1-2-6-9-8(4-1)5-3-7-10-9/h3-4,8-9,19H,1-2,5-7H2;1-2,4,6,10H,3,5,7H2. The van der Waals surface area contributed by atoms with Gasteiger partial charge in [-0.3, -0.25) is 0 Å². The van der Waals surface area contributed by atoms with Gasteiger partial charge in [-0.2, -0.15) is 10.5 Å². The lowest BCUT2D eigenvalue weighted by Crippen LogP contribution is -2.31. The molecule has 0 radical (unpaired) electrons. The van der Waals surface area contributed by atoms with Crippen LogP contribution in [0.4, 0.5) is 11.4 Å². The van der Waals surface area contributed by atoms with E-state index in [2.05, 4.69) is 34.5 Å². The van der Waals surface area contributed by atoms with Crippen LogP contribution in [0.25, 0.3) is 6.08 Å². The molecule has 0 bridgehead atoms. The van der Waals surface area contributed by atoms with Gasteiger partial charge < -0.3 is 15.3 Å². The third-order valence-electron chi connectivity index (χ3n) is 5.20. The van der Waals surface area contributed by atoms with Gasteiger partial charge in [-0.25, -0.2) is 0 Å². The highest BCUT2D eigenvalue weighted by Crippen LogP contribution is 2.28. The summed E-state index contributed by atoms with van der Waals surface area (Å²) >= 11 is 0. The van der Waals surface area contributed by atoms with Crippen molar-refractivity contribution in [3.05, 3.63) is 64.7 Å². The Bertz CT molecular complexity index is 911. The lowest BCUT2D eigenvalue weighted by atomic mass is 9.98. The molecular weight excluding hydrogens is 360 g/mol. The Morgan fingerprint density at radius 1 is 1.07 bits per heavy atom. The summed E-state index contributed by atoms with van der Waals surface area (Å²) in [6.07, 6.45) is 6.17. The highest BCUT2D eigenvalue weighted by atomic mass is 16.3. The van der Waals surface area contributed by atoms with Crippen LogP contribution in [0.5, 0.6) is 0 Å². The summed E-state index contributed by atoms with van der Waals surface area (Å²) < 4.78 is 0. The maximum atomic E-state index is 9.06. The first-order valence-electron chi connectivity index (χ1n) is 10.1. The minimum atomic E-state index is 0.114. The average molecular weight is 386 g/mol. The normalized spacial score (nSPS) is 14.0. The van der Waals surface area contributed by atoms with E-state index in [9.17, 15) is 0 Å². The number of para-hydroxylation sites is 1. The molecule has 2 aliphatic rings. The van der Waals surface area contributed by atoms with E-state index in [-0.39, 0.29) is 12.2 Å². The van der Waals surface area contributed by atoms with Crippen LogP contribution in [0, 0.1) is 22.7 Å². The smallest absolute Gasteiger partial charge is 0.130 e. The molecule has 0 atom stereocenters. The second-order valence-electron chi connectivity index (χ2n) is 7.17. The van der Waals surface area contributed by atoms with E-state index in [1.807, 2.05) is 30.3 Å². The van der Waals surface area contributed by atoms with Crippen LogP contribution in [-0.2, 0) is 12.8 Å². The Kier molecular flexibility index (Phi) is 7.28. The number of nitriles is 2. The quantitative estimate of drug-likeness (QED) is 0.782. The zero-order chi connectivity index (χ0) is 20.5. The number of rotatable bonds is 3. The molecule has 148 valence electrons. The molecule has 29 heavy (non-hydrogen) atoms. The first-order chi connectivity index (χ1) is 14.2. The molecule has 0 aromatic heterocycles. The van der Waals surface area contributed by atoms with Crippen molar-refractivity contribution in [2.45, 2.75) is 25.7 Å². The second-order valence-corrected chi connectivity index (χ2v) is 7.17. The molecule has 0 saturated heterocycles. The average Bonchev–Trinajstić information content (AvgIpc) is 2.78. The van der Waals surface area contributed by atoms with Gasteiger partial charge in [0.15, 0.2) is 0 Å². The number of allylic oxidation sites excluding steroid dienone is 1. The number of anilines is 2. The van der Waals surface area contributed by atoms with Gasteiger partial charge in [0, 0.05) is 31.0 Å². The maximum Gasteiger partial charge on any atom is 0.130 e. The van der Waals surface area contributed by atoms with Crippen LogP contribution in [0.15, 0.2) is 48.0 Å². The third-order valence-corrected chi connectivity index (χ3v) is 5.20. The highest BCUT2D eigenvalue weighted by molar-refractivity contribution is 5.66. The Balaban J connectivity index is 0.000000200. The van der Waals surface area contributed by atoms with E-state index in [0.717, 1.165) is 37.2 Å². The summed E-state index contributed by atoms with van der Waals surface area (Å²) in [6, 6.07) is 18.2. The molecule has 0 unspecified atom stereocenters. The zero-order valence-corrected chi connectivity index (χ0v) is 16.6. The van der Waals surface area contributed by atoms with Gasteiger partial charge in [-0.15, -0.1) is 0 Å². The molecule has 0 spiro atoms. The van der Waals surface area contributed by atoms with Gasteiger partial charge in [0.1, 0.15) is 17.7 Å². The van der Waals surface area contributed by atoms with Gasteiger partial charge in [-0.05, 0) is 66.6 Å². The van der Waals surface area contributed by atoms with Crippen molar-refractivity contribution in [1.82, 2.24) is 0 Å². The van der Waals surface area contributed by atoms with Crippen molar-refractivity contribution < 1.29 is 5.11 Å². The molecule has 4 rings (SSSR count). The van der Waals surface area contributed by atoms with Crippen LogP contribution in [0.1, 0.15) is 29.5 Å². The Morgan fingerprint density at radius 2 is 1.86 bits per heavy atom. The van der Waals surface area contributed by atoms with E-state index in [1.54, 1.807) is 6.08 Å². The lowest BCUT2D eigenvalue weighted by molar-refractivity contribution is 0.301. The van der Waals surface area contributed by atoms with Crippen LogP contribution < -0.4 is 10.2 Å². The monoisotopic (exact) mass is 386 g/mol. The molecule has 0 aliphatic carbocycles. The molecule has 2 aromatic rings. The van der Waals surface area contributed by atoms with E-state index < -0.39 is 0 Å². The van der Waals surface area contributed by atoms with E-state index >= 15 is 0 Å². The van der Waals surface area contributed by atoms with Crippen molar-refractivity contribution in [3.8, 4) is 12.1 Å². The number of aliphatic hydroxyl groups excluding tert-OH is 1. The maximum absolute atomic E-state index is 9.06. The van der Waals surface area contributed by atoms with Crippen molar-refractivity contribution in [2.24, 2.45) is 0 Å². The number of hydrogen-bond donors (Lipinski definition) is 2. The molecule has 5 heteroatoms. The van der Waals surface area contributed by atoms with Crippen molar-refractivity contribution in [3.63, 3.8) is 0 Å². The van der Waals surface area contributed by atoms with E-state index in [4.69, 9.17) is 15.6 Å². The van der Waals surface area contributed by atoms with E-state index in [0.29, 0.717) is 6.54 Å². The number of nitrogens with one attached hydrogen (secondary N) is 1. The number of fused-ring (bicyclic) bond motifs is 2. The second kappa shape index (κ2) is 10.3. The number of nitrogens with zero attached hydrogens (tertiary/aromatic N) is 3. The molecule has 5 nitrogen and oxygen atoms in total. The van der Waals surface area contributed by atoms with Gasteiger partial charge >= 0.3 is 0 Å². The van der Waals surface area contributed by atoms with Crippen LogP contribution in [-0.4, -0.2) is 31.3 Å². The van der Waals surface area contributed by atoms with Gasteiger partial charge in [0.25, 0.3) is 0 Å². The first kappa shape index (κ1) is 20.5. The fraction of sp³-hybridized carbons (Fsp3) is 0.333. The van der Waals surface area contributed by atoms with E-state index in [1.165, 1.54) is 29.7 Å². The molecule has 0 fully saturated rings. The summed E-state index contributed by atoms with van der Waals surface area (Å²) in [7, 11) is 0. The molecule has 2 N–H and O–H groups in total. The summed E-state index contributed by atoms with van der Waals surface area (Å²) in [6.45, 7) is 2.89. The first-order valence-corrected chi connectivity index (χ1v) is 10.1. The number of aryl methyl sites for hydroxylation is 2.